The highest BCUT2D eigenvalue weighted by Crippen LogP contribution is 2.12. The van der Waals surface area contributed by atoms with E-state index in [1.165, 1.54) is 5.57 Å². The SMILES string of the molecule is C=C(CBr)CN1CC(C)OC(C)C1. The first-order valence-electron chi connectivity index (χ1n) is 4.72. The van der Waals surface area contributed by atoms with E-state index in [9.17, 15) is 0 Å². The number of halogens is 1. The van der Waals surface area contributed by atoms with E-state index in [0.717, 1.165) is 25.0 Å². The second-order valence-corrected chi connectivity index (χ2v) is 4.40. The topological polar surface area (TPSA) is 12.5 Å². The maximum atomic E-state index is 5.65. The molecule has 0 bridgehead atoms. The van der Waals surface area contributed by atoms with Crippen LogP contribution < -0.4 is 0 Å². The number of alkyl halides is 1. The largest absolute Gasteiger partial charge is 0.373 e. The first-order valence-corrected chi connectivity index (χ1v) is 5.84. The molecule has 0 aliphatic carbocycles. The fourth-order valence-corrected chi connectivity index (χ4v) is 1.95. The fourth-order valence-electron chi connectivity index (χ4n) is 1.77. The fraction of sp³-hybridized carbons (Fsp3) is 0.800. The van der Waals surface area contributed by atoms with Crippen molar-refractivity contribution in [2.45, 2.75) is 26.1 Å². The van der Waals surface area contributed by atoms with Crippen LogP contribution in [0.25, 0.3) is 0 Å². The number of nitrogens with zero attached hydrogens (tertiary/aromatic N) is 1. The van der Waals surface area contributed by atoms with Crippen molar-refractivity contribution in [2.24, 2.45) is 0 Å². The van der Waals surface area contributed by atoms with Crippen LogP contribution in [-0.4, -0.2) is 42.1 Å². The maximum absolute atomic E-state index is 5.65. The average molecular weight is 248 g/mol. The predicted octanol–water partition coefficient (Wildman–Crippen LogP) is 2.05. The van der Waals surface area contributed by atoms with E-state index >= 15 is 0 Å². The molecule has 2 nitrogen and oxygen atoms in total. The number of morpholine rings is 1. The minimum absolute atomic E-state index is 0.354. The molecule has 1 aliphatic rings. The van der Waals surface area contributed by atoms with Gasteiger partial charge in [-0.05, 0) is 13.8 Å². The molecule has 0 amide bonds. The molecule has 0 spiro atoms. The van der Waals surface area contributed by atoms with Gasteiger partial charge in [0.1, 0.15) is 0 Å². The second-order valence-electron chi connectivity index (χ2n) is 3.84. The Bertz CT molecular complexity index is 174. The van der Waals surface area contributed by atoms with Gasteiger partial charge in [-0.2, -0.15) is 0 Å². The lowest BCUT2D eigenvalue weighted by atomic mass is 10.2. The zero-order valence-electron chi connectivity index (χ0n) is 8.42. The zero-order chi connectivity index (χ0) is 9.84. The summed E-state index contributed by atoms with van der Waals surface area (Å²) in [6, 6.07) is 0. The molecule has 76 valence electrons. The predicted molar refractivity (Wildman–Crippen MR) is 59.4 cm³/mol. The van der Waals surface area contributed by atoms with E-state index < -0.39 is 0 Å². The zero-order valence-corrected chi connectivity index (χ0v) is 10.0. The van der Waals surface area contributed by atoms with Gasteiger partial charge in [0.25, 0.3) is 0 Å². The van der Waals surface area contributed by atoms with Gasteiger partial charge in [0.2, 0.25) is 0 Å². The van der Waals surface area contributed by atoms with Gasteiger partial charge in [0.05, 0.1) is 12.2 Å². The number of hydrogen-bond acceptors (Lipinski definition) is 2. The molecule has 1 rings (SSSR count). The molecule has 1 heterocycles. The van der Waals surface area contributed by atoms with Gasteiger partial charge >= 0.3 is 0 Å². The van der Waals surface area contributed by atoms with Gasteiger partial charge in [0, 0.05) is 25.0 Å². The molecule has 1 aliphatic heterocycles. The Balaban J connectivity index is 2.37. The van der Waals surface area contributed by atoms with Crippen LogP contribution in [0.3, 0.4) is 0 Å². The van der Waals surface area contributed by atoms with Crippen molar-refractivity contribution in [3.63, 3.8) is 0 Å². The third kappa shape index (κ3) is 3.79. The third-order valence-corrected chi connectivity index (χ3v) is 2.92. The highest BCUT2D eigenvalue weighted by molar-refractivity contribution is 9.09. The Morgan fingerprint density at radius 3 is 2.46 bits per heavy atom. The summed E-state index contributed by atoms with van der Waals surface area (Å²) in [6.07, 6.45) is 0.707. The number of hydrogen-bond donors (Lipinski definition) is 0. The summed E-state index contributed by atoms with van der Waals surface area (Å²) in [5.41, 5.74) is 1.24. The molecular weight excluding hydrogens is 230 g/mol. The molecule has 2 atom stereocenters. The van der Waals surface area contributed by atoms with Crippen molar-refractivity contribution in [1.82, 2.24) is 4.90 Å². The van der Waals surface area contributed by atoms with Gasteiger partial charge < -0.3 is 4.74 Å². The van der Waals surface area contributed by atoms with Gasteiger partial charge in [-0.25, -0.2) is 0 Å². The summed E-state index contributed by atoms with van der Waals surface area (Å²) in [4.78, 5) is 2.41. The quantitative estimate of drug-likeness (QED) is 0.560. The summed E-state index contributed by atoms with van der Waals surface area (Å²) in [6.45, 7) is 11.3. The van der Waals surface area contributed by atoms with Crippen molar-refractivity contribution < 1.29 is 4.74 Å². The van der Waals surface area contributed by atoms with Crippen molar-refractivity contribution in [3.05, 3.63) is 12.2 Å². The van der Waals surface area contributed by atoms with Crippen LogP contribution in [0.15, 0.2) is 12.2 Å². The van der Waals surface area contributed by atoms with Gasteiger partial charge in [-0.3, -0.25) is 4.90 Å². The summed E-state index contributed by atoms with van der Waals surface area (Å²) in [7, 11) is 0. The Morgan fingerprint density at radius 1 is 1.46 bits per heavy atom. The Hall–Kier alpha value is 0.140. The molecule has 0 radical (unpaired) electrons. The Morgan fingerprint density at radius 2 is 2.00 bits per heavy atom. The molecule has 0 aromatic carbocycles. The Kier molecular flexibility index (Phi) is 4.42. The molecule has 0 saturated carbocycles. The highest BCUT2D eigenvalue weighted by Gasteiger charge is 2.21. The van der Waals surface area contributed by atoms with Crippen molar-refractivity contribution in [1.29, 1.82) is 0 Å². The first-order chi connectivity index (χ1) is 6.11. The molecule has 0 aromatic rings. The molecule has 1 fully saturated rings. The van der Waals surface area contributed by atoms with E-state index in [1.54, 1.807) is 0 Å². The molecule has 3 heteroatoms. The monoisotopic (exact) mass is 247 g/mol. The Labute approximate surface area is 89.1 Å². The summed E-state index contributed by atoms with van der Waals surface area (Å²) >= 11 is 3.41. The van der Waals surface area contributed by atoms with Crippen molar-refractivity contribution in [2.75, 3.05) is 25.0 Å². The normalized spacial score (nSPS) is 30.4. The molecule has 2 unspecified atom stereocenters. The van der Waals surface area contributed by atoms with E-state index in [1.807, 2.05) is 0 Å². The molecule has 0 N–H and O–H groups in total. The summed E-state index contributed by atoms with van der Waals surface area (Å²) in [5.74, 6) is 0. The van der Waals surface area contributed by atoms with Crippen LogP contribution in [0.4, 0.5) is 0 Å². The highest BCUT2D eigenvalue weighted by atomic mass is 79.9. The van der Waals surface area contributed by atoms with Crippen LogP contribution >= 0.6 is 15.9 Å². The molecule has 13 heavy (non-hydrogen) atoms. The lowest BCUT2D eigenvalue weighted by Crippen LogP contribution is -2.46. The number of rotatable bonds is 3. The van der Waals surface area contributed by atoms with Crippen LogP contribution in [-0.2, 0) is 4.74 Å². The van der Waals surface area contributed by atoms with Crippen LogP contribution in [0.5, 0.6) is 0 Å². The van der Waals surface area contributed by atoms with Crippen LogP contribution in [0.1, 0.15) is 13.8 Å². The molecular formula is C10H18BrNO. The maximum Gasteiger partial charge on any atom is 0.0678 e. The van der Waals surface area contributed by atoms with E-state index in [0.29, 0.717) is 12.2 Å². The van der Waals surface area contributed by atoms with E-state index in [2.05, 4.69) is 41.3 Å². The standard InChI is InChI=1S/C10H18BrNO/c1-8(4-11)5-12-6-9(2)13-10(3)7-12/h9-10H,1,4-7H2,2-3H3. The van der Waals surface area contributed by atoms with E-state index in [-0.39, 0.29) is 0 Å². The first kappa shape index (κ1) is 11.2. The minimum Gasteiger partial charge on any atom is -0.373 e. The van der Waals surface area contributed by atoms with Crippen molar-refractivity contribution >= 4 is 15.9 Å². The van der Waals surface area contributed by atoms with Gasteiger partial charge in [-0.15, -0.1) is 0 Å². The smallest absolute Gasteiger partial charge is 0.0678 e. The average Bonchev–Trinajstić information content (AvgIpc) is 2.02. The minimum atomic E-state index is 0.354. The third-order valence-electron chi connectivity index (χ3n) is 2.13. The van der Waals surface area contributed by atoms with Crippen molar-refractivity contribution in [3.8, 4) is 0 Å². The van der Waals surface area contributed by atoms with Gasteiger partial charge in [0.15, 0.2) is 0 Å². The van der Waals surface area contributed by atoms with E-state index in [4.69, 9.17) is 4.74 Å². The molecule has 1 saturated heterocycles. The summed E-state index contributed by atoms with van der Waals surface area (Å²) in [5, 5.41) is 0.896. The lowest BCUT2D eigenvalue weighted by Gasteiger charge is -2.35. The second kappa shape index (κ2) is 5.13. The lowest BCUT2D eigenvalue weighted by molar-refractivity contribution is -0.0652. The number of ether oxygens (including phenoxy) is 1. The van der Waals surface area contributed by atoms with Crippen LogP contribution in [0, 0.1) is 0 Å². The van der Waals surface area contributed by atoms with Crippen LogP contribution in [0.2, 0.25) is 0 Å². The van der Waals surface area contributed by atoms with Gasteiger partial charge in [-0.1, -0.05) is 28.1 Å². The molecule has 0 aromatic heterocycles. The summed E-state index contributed by atoms with van der Waals surface area (Å²) < 4.78 is 5.65.